The summed E-state index contributed by atoms with van der Waals surface area (Å²) < 4.78 is 19.0. The summed E-state index contributed by atoms with van der Waals surface area (Å²) in [6.07, 6.45) is 0.376. The fourth-order valence-corrected chi connectivity index (χ4v) is 1.80. The molecule has 0 aliphatic carbocycles. The normalized spacial score (nSPS) is 10.9. The lowest BCUT2D eigenvalue weighted by Crippen LogP contribution is -1.91. The summed E-state index contributed by atoms with van der Waals surface area (Å²) in [6, 6.07) is 14.2. The zero-order chi connectivity index (χ0) is 11.7. The van der Waals surface area contributed by atoms with Crippen LogP contribution in [0.4, 0.5) is 4.39 Å². The molecule has 3 rings (SSSR count). The van der Waals surface area contributed by atoms with E-state index in [9.17, 15) is 4.39 Å². The van der Waals surface area contributed by atoms with Crippen molar-refractivity contribution in [1.29, 1.82) is 0 Å². The molecule has 1 aromatic heterocycles. The molecule has 2 nitrogen and oxygen atoms in total. The molecule has 17 heavy (non-hydrogen) atoms. The van der Waals surface area contributed by atoms with Crippen LogP contribution in [-0.4, -0.2) is 4.98 Å². The van der Waals surface area contributed by atoms with Gasteiger partial charge in [-0.25, -0.2) is 9.37 Å². The van der Waals surface area contributed by atoms with E-state index in [1.54, 1.807) is 18.2 Å². The average Bonchev–Trinajstić information content (AvgIpc) is 2.74. The van der Waals surface area contributed by atoms with E-state index in [0.29, 0.717) is 17.9 Å². The second-order valence-corrected chi connectivity index (χ2v) is 3.84. The summed E-state index contributed by atoms with van der Waals surface area (Å²) in [6.45, 7) is 0. The van der Waals surface area contributed by atoms with Gasteiger partial charge in [-0.3, -0.25) is 0 Å². The molecule has 0 radical (unpaired) electrons. The van der Waals surface area contributed by atoms with E-state index in [-0.39, 0.29) is 5.82 Å². The predicted molar refractivity (Wildman–Crippen MR) is 63.2 cm³/mol. The van der Waals surface area contributed by atoms with Gasteiger partial charge in [-0.1, -0.05) is 30.3 Å². The first kappa shape index (κ1) is 10.0. The van der Waals surface area contributed by atoms with Crippen LogP contribution in [0, 0.1) is 5.82 Å². The van der Waals surface area contributed by atoms with Crippen molar-refractivity contribution in [3.63, 3.8) is 0 Å². The fraction of sp³-hybridized carbons (Fsp3) is 0.0714. The van der Waals surface area contributed by atoms with Crippen molar-refractivity contribution in [3.05, 3.63) is 65.8 Å². The maximum Gasteiger partial charge on any atom is 0.200 e. The summed E-state index contributed by atoms with van der Waals surface area (Å²) in [4.78, 5) is 4.32. The maximum atomic E-state index is 13.5. The Morgan fingerprint density at radius 1 is 1.00 bits per heavy atom. The minimum Gasteiger partial charge on any atom is -0.440 e. The third-order valence-corrected chi connectivity index (χ3v) is 2.64. The Morgan fingerprint density at radius 3 is 2.59 bits per heavy atom. The van der Waals surface area contributed by atoms with Crippen LogP contribution in [-0.2, 0) is 6.42 Å². The number of rotatable bonds is 2. The molecule has 0 amide bonds. The Balaban J connectivity index is 1.98. The molecule has 2 aromatic carbocycles. The first-order valence-electron chi connectivity index (χ1n) is 5.41. The number of fused-ring (bicyclic) bond motifs is 1. The topological polar surface area (TPSA) is 26.0 Å². The fourth-order valence-electron chi connectivity index (χ4n) is 1.80. The largest absolute Gasteiger partial charge is 0.440 e. The first-order chi connectivity index (χ1) is 8.33. The van der Waals surface area contributed by atoms with Crippen LogP contribution in [0.3, 0.4) is 0 Å². The van der Waals surface area contributed by atoms with Crippen LogP contribution < -0.4 is 0 Å². The molecule has 0 aliphatic heterocycles. The van der Waals surface area contributed by atoms with Crippen molar-refractivity contribution in [2.24, 2.45) is 0 Å². The minimum absolute atomic E-state index is 0.227. The molecule has 0 atom stereocenters. The van der Waals surface area contributed by atoms with Crippen LogP contribution in [0.25, 0.3) is 11.1 Å². The van der Waals surface area contributed by atoms with Crippen molar-refractivity contribution in [2.75, 3.05) is 0 Å². The van der Waals surface area contributed by atoms with Crippen molar-refractivity contribution < 1.29 is 8.81 Å². The van der Waals surface area contributed by atoms with Gasteiger partial charge < -0.3 is 4.42 Å². The third kappa shape index (κ3) is 1.91. The van der Waals surface area contributed by atoms with Crippen molar-refractivity contribution >= 4 is 11.1 Å². The molecule has 0 unspecified atom stereocenters. The number of aromatic nitrogens is 1. The first-order valence-corrected chi connectivity index (χ1v) is 5.41. The highest BCUT2D eigenvalue weighted by Crippen LogP contribution is 2.18. The van der Waals surface area contributed by atoms with Crippen LogP contribution in [0.15, 0.2) is 52.9 Å². The summed E-state index contributed by atoms with van der Waals surface area (Å²) in [5, 5.41) is 0. The lowest BCUT2D eigenvalue weighted by atomic mass is 10.1. The molecule has 3 aromatic rings. The van der Waals surface area contributed by atoms with E-state index >= 15 is 0 Å². The van der Waals surface area contributed by atoms with Crippen molar-refractivity contribution in [2.45, 2.75) is 6.42 Å². The van der Waals surface area contributed by atoms with Gasteiger partial charge in [0.1, 0.15) is 11.3 Å². The van der Waals surface area contributed by atoms with Gasteiger partial charge in [0, 0.05) is 0 Å². The minimum atomic E-state index is -0.227. The number of nitrogens with zero attached hydrogens (tertiary/aromatic N) is 1. The molecule has 0 N–H and O–H groups in total. The Kier molecular flexibility index (Phi) is 2.37. The zero-order valence-corrected chi connectivity index (χ0v) is 9.06. The van der Waals surface area contributed by atoms with Crippen molar-refractivity contribution in [1.82, 2.24) is 4.98 Å². The van der Waals surface area contributed by atoms with Crippen LogP contribution >= 0.6 is 0 Å². The lowest BCUT2D eigenvalue weighted by molar-refractivity contribution is 0.534. The van der Waals surface area contributed by atoms with Gasteiger partial charge in [0.05, 0.1) is 6.42 Å². The van der Waals surface area contributed by atoms with Gasteiger partial charge in [-0.05, 0) is 23.8 Å². The highest BCUT2D eigenvalue weighted by molar-refractivity contribution is 5.72. The van der Waals surface area contributed by atoms with Gasteiger partial charge in [0.25, 0.3) is 0 Å². The van der Waals surface area contributed by atoms with E-state index < -0.39 is 0 Å². The summed E-state index contributed by atoms with van der Waals surface area (Å²) in [7, 11) is 0. The molecule has 0 spiro atoms. The molecule has 1 heterocycles. The number of oxazole rings is 1. The van der Waals surface area contributed by atoms with Gasteiger partial charge in [-0.2, -0.15) is 0 Å². The molecular weight excluding hydrogens is 217 g/mol. The van der Waals surface area contributed by atoms with E-state index in [4.69, 9.17) is 4.42 Å². The summed E-state index contributed by atoms with van der Waals surface area (Å²) in [5.41, 5.74) is 2.14. The number of halogens is 1. The molecule has 0 fully saturated rings. The Labute approximate surface area is 97.7 Å². The molecule has 3 heteroatoms. The number of hydrogen-bond donors (Lipinski definition) is 0. The van der Waals surface area contributed by atoms with Gasteiger partial charge in [0.2, 0.25) is 0 Å². The SMILES string of the molecule is Fc1ccccc1Cc1nc2ccccc2o1. The Bertz CT molecular complexity index is 627. The molecule has 0 saturated heterocycles. The molecule has 0 bridgehead atoms. The van der Waals surface area contributed by atoms with Crippen LogP contribution in [0.1, 0.15) is 11.5 Å². The lowest BCUT2D eigenvalue weighted by Gasteiger charge is -1.98. The smallest absolute Gasteiger partial charge is 0.200 e. The van der Waals surface area contributed by atoms with E-state index in [0.717, 1.165) is 11.1 Å². The molecule has 0 aliphatic rings. The Morgan fingerprint density at radius 2 is 1.76 bits per heavy atom. The maximum absolute atomic E-state index is 13.5. The number of para-hydroxylation sites is 2. The number of hydrogen-bond acceptors (Lipinski definition) is 2. The summed E-state index contributed by atoms with van der Waals surface area (Å²) in [5.74, 6) is 0.311. The second kappa shape index (κ2) is 4.01. The van der Waals surface area contributed by atoms with Gasteiger partial charge in [-0.15, -0.1) is 0 Å². The highest BCUT2D eigenvalue weighted by Gasteiger charge is 2.08. The van der Waals surface area contributed by atoms with E-state index in [2.05, 4.69) is 4.98 Å². The number of benzene rings is 2. The second-order valence-electron chi connectivity index (χ2n) is 3.84. The standard InChI is InChI=1S/C14H10FNO/c15-11-6-2-1-5-10(11)9-14-16-12-7-3-4-8-13(12)17-14/h1-8H,9H2. The highest BCUT2D eigenvalue weighted by atomic mass is 19.1. The van der Waals surface area contributed by atoms with Gasteiger partial charge >= 0.3 is 0 Å². The van der Waals surface area contributed by atoms with E-state index in [1.165, 1.54) is 6.07 Å². The van der Waals surface area contributed by atoms with Crippen LogP contribution in [0.5, 0.6) is 0 Å². The van der Waals surface area contributed by atoms with Crippen LogP contribution in [0.2, 0.25) is 0 Å². The predicted octanol–water partition coefficient (Wildman–Crippen LogP) is 3.56. The molecule has 84 valence electrons. The quantitative estimate of drug-likeness (QED) is 0.669. The summed E-state index contributed by atoms with van der Waals surface area (Å²) >= 11 is 0. The molecule has 0 saturated carbocycles. The van der Waals surface area contributed by atoms with Gasteiger partial charge in [0.15, 0.2) is 11.5 Å². The molecular formula is C14H10FNO. The van der Waals surface area contributed by atoms with E-state index in [1.807, 2.05) is 24.3 Å². The average molecular weight is 227 g/mol. The monoisotopic (exact) mass is 227 g/mol. The zero-order valence-electron chi connectivity index (χ0n) is 9.06. The Hall–Kier alpha value is -2.16. The third-order valence-electron chi connectivity index (χ3n) is 2.64. The van der Waals surface area contributed by atoms with Crippen molar-refractivity contribution in [3.8, 4) is 0 Å².